The Balaban J connectivity index is 2.14. The van der Waals surface area contributed by atoms with E-state index in [1.165, 1.54) is 0 Å². The molecule has 1 fully saturated rings. The molecule has 1 heterocycles. The Morgan fingerprint density at radius 3 is 2.62 bits per heavy atom. The molecular weight excluding hydrogens is 226 g/mol. The number of rotatable bonds is 3. The van der Waals surface area contributed by atoms with Gasteiger partial charge in [-0.15, -0.1) is 0 Å². The van der Waals surface area contributed by atoms with Gasteiger partial charge >= 0.3 is 0 Å². The van der Waals surface area contributed by atoms with Gasteiger partial charge in [-0.2, -0.15) is 0 Å². The maximum absolute atomic E-state index is 5.95. The second-order valence-corrected chi connectivity index (χ2v) is 5.35. The molecule has 1 aromatic rings. The quantitative estimate of drug-likeness (QED) is 0.760. The van der Waals surface area contributed by atoms with Crippen LogP contribution in [0, 0.1) is 0 Å². The van der Waals surface area contributed by atoms with E-state index in [1.807, 2.05) is 20.8 Å². The van der Waals surface area contributed by atoms with Gasteiger partial charge in [-0.3, -0.25) is 0 Å². The highest BCUT2D eigenvalue weighted by Crippen LogP contribution is 2.33. The van der Waals surface area contributed by atoms with E-state index in [2.05, 4.69) is 4.98 Å². The van der Waals surface area contributed by atoms with Gasteiger partial charge in [-0.05, 0) is 33.6 Å². The van der Waals surface area contributed by atoms with Crippen molar-refractivity contribution in [3.8, 4) is 11.5 Å². The Kier molecular flexibility index (Phi) is 2.98. The Hall–Kier alpha value is -0.960. The molecule has 1 aliphatic carbocycles. The Labute approximate surface area is 101 Å². The third-order valence-corrected chi connectivity index (χ3v) is 2.31. The highest BCUT2D eigenvalue weighted by Gasteiger charge is 2.25. The number of aromatic nitrogens is 1. The van der Waals surface area contributed by atoms with Gasteiger partial charge in [-0.25, -0.2) is 4.98 Å². The summed E-state index contributed by atoms with van der Waals surface area (Å²) >= 11 is 5.95. The van der Waals surface area contributed by atoms with Gasteiger partial charge in [0.1, 0.15) is 11.4 Å². The molecule has 2 rings (SSSR count). The smallest absolute Gasteiger partial charge is 0.171 e. The van der Waals surface area contributed by atoms with Crippen molar-refractivity contribution in [2.24, 2.45) is 0 Å². The molecule has 0 radical (unpaired) electrons. The van der Waals surface area contributed by atoms with E-state index in [0.717, 1.165) is 12.8 Å². The van der Waals surface area contributed by atoms with Crippen molar-refractivity contribution < 1.29 is 9.47 Å². The summed E-state index contributed by atoms with van der Waals surface area (Å²) in [4.78, 5) is 4.06. The van der Waals surface area contributed by atoms with Gasteiger partial charge in [0.05, 0.1) is 12.3 Å². The van der Waals surface area contributed by atoms with Crippen molar-refractivity contribution in [2.75, 3.05) is 0 Å². The van der Waals surface area contributed by atoms with Crippen LogP contribution in [0.1, 0.15) is 33.6 Å². The van der Waals surface area contributed by atoms with Crippen LogP contribution < -0.4 is 9.47 Å². The molecule has 0 spiro atoms. The Bertz CT molecular complexity index is 383. The van der Waals surface area contributed by atoms with Crippen LogP contribution in [-0.4, -0.2) is 16.7 Å². The lowest BCUT2D eigenvalue weighted by molar-refractivity contribution is 0.129. The summed E-state index contributed by atoms with van der Waals surface area (Å²) in [6, 6.07) is 1.80. The van der Waals surface area contributed by atoms with Gasteiger partial charge in [0.25, 0.3) is 0 Å². The summed E-state index contributed by atoms with van der Waals surface area (Å²) in [5.74, 6) is 1.30. The van der Waals surface area contributed by atoms with Crippen LogP contribution in [0.3, 0.4) is 0 Å². The number of halogens is 1. The largest absolute Gasteiger partial charge is 0.487 e. The van der Waals surface area contributed by atoms with Crippen molar-refractivity contribution in [2.45, 2.75) is 45.3 Å². The maximum atomic E-state index is 5.95. The first-order valence-corrected chi connectivity index (χ1v) is 5.83. The summed E-state index contributed by atoms with van der Waals surface area (Å²) in [7, 11) is 0. The first-order chi connectivity index (χ1) is 7.44. The van der Waals surface area contributed by atoms with Crippen LogP contribution in [-0.2, 0) is 0 Å². The summed E-state index contributed by atoms with van der Waals surface area (Å²) in [5.41, 5.74) is -0.244. The fraction of sp³-hybridized carbons (Fsp3) is 0.583. The van der Waals surface area contributed by atoms with Crippen LogP contribution in [0.5, 0.6) is 11.5 Å². The molecule has 0 unspecified atom stereocenters. The van der Waals surface area contributed by atoms with Crippen molar-refractivity contribution in [3.63, 3.8) is 0 Å². The third kappa shape index (κ3) is 3.27. The molecule has 88 valence electrons. The molecule has 1 aliphatic rings. The van der Waals surface area contributed by atoms with Gasteiger partial charge in [-0.1, -0.05) is 11.6 Å². The minimum absolute atomic E-state index is 0.244. The predicted molar refractivity (Wildman–Crippen MR) is 63.3 cm³/mol. The third-order valence-electron chi connectivity index (χ3n) is 2.02. The SMILES string of the molecule is CC(C)(C)Oc1cnc(Cl)c(OC2CC2)c1. The molecule has 1 saturated carbocycles. The molecule has 0 amide bonds. The van der Waals surface area contributed by atoms with E-state index < -0.39 is 0 Å². The molecule has 0 aromatic carbocycles. The lowest BCUT2D eigenvalue weighted by Gasteiger charge is -2.21. The van der Waals surface area contributed by atoms with E-state index >= 15 is 0 Å². The number of ether oxygens (including phenoxy) is 2. The zero-order chi connectivity index (χ0) is 11.8. The van der Waals surface area contributed by atoms with Crippen molar-refractivity contribution in [1.29, 1.82) is 0 Å². The highest BCUT2D eigenvalue weighted by atomic mass is 35.5. The zero-order valence-electron chi connectivity index (χ0n) is 9.79. The monoisotopic (exact) mass is 241 g/mol. The van der Waals surface area contributed by atoms with Crippen LogP contribution in [0.25, 0.3) is 0 Å². The van der Waals surface area contributed by atoms with Gasteiger partial charge in [0, 0.05) is 6.07 Å². The van der Waals surface area contributed by atoms with E-state index in [9.17, 15) is 0 Å². The first-order valence-electron chi connectivity index (χ1n) is 5.45. The second-order valence-electron chi connectivity index (χ2n) is 4.99. The van der Waals surface area contributed by atoms with Crippen LogP contribution in [0.4, 0.5) is 0 Å². The van der Waals surface area contributed by atoms with Gasteiger partial charge < -0.3 is 9.47 Å². The molecular formula is C12H16ClNO2. The van der Waals surface area contributed by atoms with E-state index in [0.29, 0.717) is 22.8 Å². The lowest BCUT2D eigenvalue weighted by atomic mass is 10.2. The predicted octanol–water partition coefficient (Wildman–Crippen LogP) is 3.45. The maximum Gasteiger partial charge on any atom is 0.171 e. The summed E-state index contributed by atoms with van der Waals surface area (Å²) in [6.07, 6.45) is 4.12. The van der Waals surface area contributed by atoms with Crippen molar-refractivity contribution in [3.05, 3.63) is 17.4 Å². The first kappa shape index (κ1) is 11.5. The zero-order valence-corrected chi connectivity index (χ0v) is 10.5. The molecule has 0 atom stereocenters. The minimum atomic E-state index is -0.244. The number of nitrogens with zero attached hydrogens (tertiary/aromatic N) is 1. The summed E-state index contributed by atoms with van der Waals surface area (Å²) < 4.78 is 11.3. The average molecular weight is 242 g/mol. The molecule has 3 nitrogen and oxygen atoms in total. The van der Waals surface area contributed by atoms with E-state index in [1.54, 1.807) is 12.3 Å². The van der Waals surface area contributed by atoms with Crippen LogP contribution >= 0.6 is 11.6 Å². The fourth-order valence-corrected chi connectivity index (χ4v) is 1.42. The number of hydrogen-bond donors (Lipinski definition) is 0. The van der Waals surface area contributed by atoms with Crippen LogP contribution in [0.2, 0.25) is 5.15 Å². The normalized spacial score (nSPS) is 16.0. The van der Waals surface area contributed by atoms with Crippen molar-refractivity contribution >= 4 is 11.6 Å². The molecule has 0 saturated heterocycles. The Morgan fingerprint density at radius 1 is 1.38 bits per heavy atom. The van der Waals surface area contributed by atoms with Gasteiger partial charge in [0.2, 0.25) is 0 Å². The fourth-order valence-electron chi connectivity index (χ4n) is 1.27. The number of pyridine rings is 1. The lowest BCUT2D eigenvalue weighted by Crippen LogP contribution is -2.23. The standard InChI is InChI=1S/C12H16ClNO2/c1-12(2,3)16-9-6-10(11(13)14-7-9)15-8-4-5-8/h6-8H,4-5H2,1-3H3. The second kappa shape index (κ2) is 4.13. The molecule has 0 aliphatic heterocycles. The van der Waals surface area contributed by atoms with E-state index in [-0.39, 0.29) is 5.60 Å². The van der Waals surface area contributed by atoms with E-state index in [4.69, 9.17) is 21.1 Å². The molecule has 1 aromatic heterocycles. The average Bonchev–Trinajstić information content (AvgIpc) is 2.92. The molecule has 0 bridgehead atoms. The topological polar surface area (TPSA) is 31.4 Å². The summed E-state index contributed by atoms with van der Waals surface area (Å²) in [6.45, 7) is 5.97. The molecule has 0 N–H and O–H groups in total. The van der Waals surface area contributed by atoms with Gasteiger partial charge in [0.15, 0.2) is 10.9 Å². The van der Waals surface area contributed by atoms with Crippen LogP contribution in [0.15, 0.2) is 12.3 Å². The van der Waals surface area contributed by atoms with Crippen molar-refractivity contribution in [1.82, 2.24) is 4.98 Å². The number of hydrogen-bond acceptors (Lipinski definition) is 3. The molecule has 4 heteroatoms. The summed E-state index contributed by atoms with van der Waals surface area (Å²) in [5, 5.41) is 0.396. The Morgan fingerprint density at radius 2 is 2.06 bits per heavy atom. The minimum Gasteiger partial charge on any atom is -0.487 e. The molecule has 16 heavy (non-hydrogen) atoms. The highest BCUT2D eigenvalue weighted by molar-refractivity contribution is 6.30.